The maximum atomic E-state index is 11.0. The third-order valence-electron chi connectivity index (χ3n) is 2.60. The van der Waals surface area contributed by atoms with Crippen molar-refractivity contribution >= 4 is 5.97 Å². The summed E-state index contributed by atoms with van der Waals surface area (Å²) in [7, 11) is 0. The SMILES string of the molecule is CC1(C)C=C(C(C#N)C(=O)O)CC(C)(C)N1. The second-order valence-corrected chi connectivity index (χ2v) is 5.53. The summed E-state index contributed by atoms with van der Waals surface area (Å²) < 4.78 is 0. The zero-order valence-electron chi connectivity index (χ0n) is 10.2. The van der Waals surface area contributed by atoms with E-state index in [1.165, 1.54) is 0 Å². The number of aliphatic carboxylic acids is 1. The highest BCUT2D eigenvalue weighted by molar-refractivity contribution is 5.77. The Balaban J connectivity index is 3.09. The van der Waals surface area contributed by atoms with E-state index in [1.807, 2.05) is 39.8 Å². The van der Waals surface area contributed by atoms with Gasteiger partial charge in [0.2, 0.25) is 0 Å². The van der Waals surface area contributed by atoms with Gasteiger partial charge in [0.05, 0.1) is 6.07 Å². The zero-order valence-corrected chi connectivity index (χ0v) is 10.2. The Hall–Kier alpha value is -1.34. The number of nitrogens with one attached hydrogen (secondary N) is 1. The van der Waals surface area contributed by atoms with Crippen LogP contribution in [0.15, 0.2) is 11.6 Å². The molecule has 0 aromatic rings. The maximum absolute atomic E-state index is 11.0. The molecule has 0 radical (unpaired) electrons. The number of hydrogen-bond acceptors (Lipinski definition) is 3. The van der Waals surface area contributed by atoms with Gasteiger partial charge in [-0.2, -0.15) is 5.26 Å². The lowest BCUT2D eigenvalue weighted by Crippen LogP contribution is -2.54. The number of nitrogens with zero attached hydrogens (tertiary/aromatic N) is 1. The molecule has 1 aliphatic heterocycles. The Kier molecular flexibility index (Phi) is 3.11. The van der Waals surface area contributed by atoms with Gasteiger partial charge in [-0.15, -0.1) is 0 Å². The van der Waals surface area contributed by atoms with E-state index in [9.17, 15) is 4.79 Å². The van der Waals surface area contributed by atoms with Gasteiger partial charge in [0, 0.05) is 11.1 Å². The number of carboxylic acids is 1. The first-order valence-corrected chi connectivity index (χ1v) is 5.30. The van der Waals surface area contributed by atoms with Crippen LogP contribution in [0.5, 0.6) is 0 Å². The van der Waals surface area contributed by atoms with E-state index in [-0.39, 0.29) is 11.1 Å². The summed E-state index contributed by atoms with van der Waals surface area (Å²) in [4.78, 5) is 11.0. The molecule has 4 heteroatoms. The minimum Gasteiger partial charge on any atom is -0.480 e. The van der Waals surface area contributed by atoms with Crippen LogP contribution in [0.4, 0.5) is 0 Å². The molecule has 0 spiro atoms. The molecular formula is C12H18N2O2. The topological polar surface area (TPSA) is 73.1 Å². The van der Waals surface area contributed by atoms with E-state index in [2.05, 4.69) is 5.32 Å². The van der Waals surface area contributed by atoms with Crippen molar-refractivity contribution in [2.45, 2.75) is 45.2 Å². The lowest BCUT2D eigenvalue weighted by Gasteiger charge is -2.41. The van der Waals surface area contributed by atoms with E-state index >= 15 is 0 Å². The molecule has 0 fully saturated rings. The molecule has 1 rings (SSSR count). The summed E-state index contributed by atoms with van der Waals surface area (Å²) in [5, 5.41) is 21.3. The van der Waals surface area contributed by atoms with Crippen molar-refractivity contribution in [3.8, 4) is 6.07 Å². The van der Waals surface area contributed by atoms with Crippen LogP contribution >= 0.6 is 0 Å². The summed E-state index contributed by atoms with van der Waals surface area (Å²) in [5.41, 5.74) is 0.239. The largest absolute Gasteiger partial charge is 0.480 e. The lowest BCUT2D eigenvalue weighted by molar-refractivity contribution is -0.138. The van der Waals surface area contributed by atoms with Crippen molar-refractivity contribution in [1.29, 1.82) is 5.26 Å². The molecule has 0 aromatic carbocycles. The highest BCUT2D eigenvalue weighted by Crippen LogP contribution is 2.31. The summed E-state index contributed by atoms with van der Waals surface area (Å²) in [6.45, 7) is 7.98. The summed E-state index contributed by atoms with van der Waals surface area (Å²) in [6.07, 6.45) is 2.45. The Morgan fingerprint density at radius 2 is 2.12 bits per heavy atom. The van der Waals surface area contributed by atoms with Crippen LogP contribution in [-0.2, 0) is 4.79 Å². The van der Waals surface area contributed by atoms with Gasteiger partial charge in [-0.3, -0.25) is 4.79 Å². The van der Waals surface area contributed by atoms with Crippen molar-refractivity contribution in [2.75, 3.05) is 0 Å². The highest BCUT2D eigenvalue weighted by Gasteiger charge is 2.36. The van der Waals surface area contributed by atoms with Crippen LogP contribution in [0, 0.1) is 17.2 Å². The molecule has 88 valence electrons. The van der Waals surface area contributed by atoms with Gasteiger partial charge in [0.25, 0.3) is 0 Å². The Labute approximate surface area is 96.0 Å². The van der Waals surface area contributed by atoms with Crippen molar-refractivity contribution in [1.82, 2.24) is 5.32 Å². The monoisotopic (exact) mass is 222 g/mol. The van der Waals surface area contributed by atoms with Crippen molar-refractivity contribution in [3.63, 3.8) is 0 Å². The first kappa shape index (κ1) is 12.7. The van der Waals surface area contributed by atoms with Gasteiger partial charge in [-0.1, -0.05) is 6.08 Å². The molecule has 1 heterocycles. The first-order chi connectivity index (χ1) is 7.17. The predicted molar refractivity (Wildman–Crippen MR) is 60.7 cm³/mol. The van der Waals surface area contributed by atoms with Crippen molar-refractivity contribution in [2.24, 2.45) is 5.92 Å². The van der Waals surface area contributed by atoms with Gasteiger partial charge in [0.1, 0.15) is 0 Å². The van der Waals surface area contributed by atoms with Gasteiger partial charge < -0.3 is 10.4 Å². The highest BCUT2D eigenvalue weighted by atomic mass is 16.4. The smallest absolute Gasteiger partial charge is 0.325 e. The van der Waals surface area contributed by atoms with Gasteiger partial charge in [-0.05, 0) is 39.7 Å². The van der Waals surface area contributed by atoms with E-state index in [4.69, 9.17) is 10.4 Å². The molecule has 1 atom stereocenters. The lowest BCUT2D eigenvalue weighted by atomic mass is 9.79. The maximum Gasteiger partial charge on any atom is 0.325 e. The summed E-state index contributed by atoms with van der Waals surface area (Å²) in [6, 6.07) is 1.85. The molecule has 2 N–H and O–H groups in total. The van der Waals surface area contributed by atoms with E-state index < -0.39 is 11.9 Å². The molecule has 0 saturated carbocycles. The summed E-state index contributed by atoms with van der Waals surface area (Å²) in [5.74, 6) is -2.09. The molecule has 0 aromatic heterocycles. The molecular weight excluding hydrogens is 204 g/mol. The third kappa shape index (κ3) is 2.83. The molecule has 4 nitrogen and oxygen atoms in total. The number of carbonyl (C=O) groups is 1. The van der Waals surface area contributed by atoms with Crippen LogP contribution < -0.4 is 5.32 Å². The quantitative estimate of drug-likeness (QED) is 0.697. The van der Waals surface area contributed by atoms with Gasteiger partial charge in [0.15, 0.2) is 5.92 Å². The fourth-order valence-corrected chi connectivity index (χ4v) is 2.46. The number of nitriles is 1. The first-order valence-electron chi connectivity index (χ1n) is 5.30. The molecule has 0 aliphatic carbocycles. The fraction of sp³-hybridized carbons (Fsp3) is 0.667. The number of carboxylic acid groups (broad SMARTS) is 1. The minimum absolute atomic E-state index is 0.182. The van der Waals surface area contributed by atoms with E-state index in [0.717, 1.165) is 0 Å². The molecule has 16 heavy (non-hydrogen) atoms. The van der Waals surface area contributed by atoms with Crippen molar-refractivity contribution < 1.29 is 9.90 Å². The van der Waals surface area contributed by atoms with Crippen molar-refractivity contribution in [3.05, 3.63) is 11.6 Å². The van der Waals surface area contributed by atoms with E-state index in [0.29, 0.717) is 12.0 Å². The molecule has 0 saturated heterocycles. The zero-order chi connectivity index (χ0) is 12.6. The molecule has 0 amide bonds. The molecule has 1 aliphatic rings. The van der Waals surface area contributed by atoms with Gasteiger partial charge >= 0.3 is 5.97 Å². The standard InChI is InChI=1S/C12H18N2O2/c1-11(2)5-8(6-12(3,4)14-11)9(7-13)10(15)16/h5,9,14H,6H2,1-4H3,(H,15,16). The Morgan fingerprint density at radius 1 is 1.56 bits per heavy atom. The average Bonchev–Trinajstić information content (AvgIpc) is 1.97. The Morgan fingerprint density at radius 3 is 2.50 bits per heavy atom. The average molecular weight is 222 g/mol. The molecule has 1 unspecified atom stereocenters. The number of rotatable bonds is 2. The number of hydrogen-bond donors (Lipinski definition) is 2. The van der Waals surface area contributed by atoms with Crippen LogP contribution in [0.25, 0.3) is 0 Å². The minimum atomic E-state index is -1.07. The van der Waals surface area contributed by atoms with E-state index in [1.54, 1.807) is 0 Å². The predicted octanol–water partition coefficient (Wildman–Crippen LogP) is 1.69. The third-order valence-corrected chi connectivity index (χ3v) is 2.60. The van der Waals surface area contributed by atoms with Crippen LogP contribution in [0.1, 0.15) is 34.1 Å². The van der Waals surface area contributed by atoms with Crippen LogP contribution in [0.2, 0.25) is 0 Å². The second-order valence-electron chi connectivity index (χ2n) is 5.53. The summed E-state index contributed by atoms with van der Waals surface area (Å²) >= 11 is 0. The van der Waals surface area contributed by atoms with Crippen LogP contribution in [0.3, 0.4) is 0 Å². The second kappa shape index (κ2) is 3.91. The van der Waals surface area contributed by atoms with Crippen LogP contribution in [-0.4, -0.2) is 22.2 Å². The molecule has 0 bridgehead atoms. The fourth-order valence-electron chi connectivity index (χ4n) is 2.46. The Bertz CT molecular complexity index is 375. The normalized spacial score (nSPS) is 24.1. The van der Waals surface area contributed by atoms with Gasteiger partial charge in [-0.25, -0.2) is 0 Å².